The van der Waals surface area contributed by atoms with Gasteiger partial charge in [0.15, 0.2) is 5.78 Å². The average Bonchev–Trinajstić information content (AvgIpc) is 3.26. The van der Waals surface area contributed by atoms with Crippen LogP contribution in [0.1, 0.15) is 51.0 Å². The van der Waals surface area contributed by atoms with Crippen LogP contribution >= 0.6 is 48.8 Å². The van der Waals surface area contributed by atoms with E-state index in [2.05, 4.69) is 80.7 Å². The molecule has 0 aromatic heterocycles. The van der Waals surface area contributed by atoms with Crippen molar-refractivity contribution in [3.63, 3.8) is 0 Å². The van der Waals surface area contributed by atoms with E-state index in [-0.39, 0.29) is 9.86 Å². The first kappa shape index (κ1) is 43.7. The highest BCUT2D eigenvalue weighted by Crippen LogP contribution is 2.55. The minimum Gasteiger partial charge on any atom is -0.497 e. The molecule has 0 radical (unpaired) electrons. The van der Waals surface area contributed by atoms with Crippen LogP contribution < -0.4 is 18.9 Å². The maximum Gasteiger partial charge on any atom is 0.193 e. The van der Waals surface area contributed by atoms with Gasteiger partial charge in [0, 0.05) is 11.1 Å². The van der Waals surface area contributed by atoms with Gasteiger partial charge in [0.05, 0.1) is 14.2 Å². The molecule has 0 N–H and O–H groups in total. The fourth-order valence-electron chi connectivity index (χ4n) is 5.72. The Kier molecular flexibility index (Phi) is 17.3. The van der Waals surface area contributed by atoms with Gasteiger partial charge >= 0.3 is 0 Å². The highest BCUT2D eigenvalue weighted by atomic mass is 32.2. The number of methoxy groups -OCH3 is 2. The quantitative estimate of drug-likeness (QED) is 0.0941. The first-order chi connectivity index (χ1) is 27.8. The third-order valence-electron chi connectivity index (χ3n) is 8.90. The number of hydrogen-bond acceptors (Lipinski definition) is 9. The first-order valence-corrected chi connectivity index (χ1v) is 22.0. The zero-order chi connectivity index (χ0) is 40.5. The predicted molar refractivity (Wildman–Crippen MR) is 247 cm³/mol. The van der Waals surface area contributed by atoms with E-state index in [4.69, 9.17) is 18.9 Å². The van der Waals surface area contributed by atoms with E-state index < -0.39 is 0 Å². The van der Waals surface area contributed by atoms with Crippen molar-refractivity contribution in [3.8, 4) is 34.5 Å². The monoisotopic (exact) mass is 834 g/mol. The molecule has 0 aliphatic carbocycles. The van der Waals surface area contributed by atoms with Gasteiger partial charge in [0.2, 0.25) is 0 Å². The first-order valence-electron chi connectivity index (χ1n) is 18.8. The van der Waals surface area contributed by atoms with Crippen molar-refractivity contribution in [3.05, 3.63) is 179 Å². The van der Waals surface area contributed by atoms with Crippen LogP contribution in [0.2, 0.25) is 0 Å². The lowest BCUT2D eigenvalue weighted by molar-refractivity contribution is 0.103. The smallest absolute Gasteiger partial charge is 0.193 e. The SMILES string of the molecule is COc1ccc(Oc2ccc(C(=O)c3ccc(C)cc3)cc2)cc1.COc1ccc(Oc2ccc(C3(c4ccc(C)cc4)SCCCS3)cc2)cc1.SCCCS. The molecule has 0 saturated carbocycles. The van der Waals surface area contributed by atoms with E-state index in [1.54, 1.807) is 38.5 Å². The molecule has 6 aromatic rings. The number of thioether (sulfide) groups is 2. The fraction of sp³-hybridized carbons (Fsp3) is 0.229. The summed E-state index contributed by atoms with van der Waals surface area (Å²) >= 11 is 12.0. The molecule has 1 fully saturated rings. The molecule has 1 aliphatic rings. The van der Waals surface area contributed by atoms with Crippen LogP contribution in [0.25, 0.3) is 0 Å². The van der Waals surface area contributed by atoms with Crippen molar-refractivity contribution in [1.29, 1.82) is 0 Å². The Labute approximate surface area is 357 Å². The minimum atomic E-state index is -0.0371. The van der Waals surface area contributed by atoms with Gasteiger partial charge in [0.25, 0.3) is 0 Å². The summed E-state index contributed by atoms with van der Waals surface area (Å²) in [4.78, 5) is 12.4. The zero-order valence-electron chi connectivity index (χ0n) is 32.9. The Morgan fingerprint density at radius 3 is 1.19 bits per heavy atom. The molecule has 1 heterocycles. The van der Waals surface area contributed by atoms with Crippen molar-refractivity contribution >= 4 is 54.6 Å². The molecule has 7 rings (SSSR count). The van der Waals surface area contributed by atoms with Crippen LogP contribution in [0.15, 0.2) is 146 Å². The maximum absolute atomic E-state index is 12.4. The molecule has 1 saturated heterocycles. The fourth-order valence-corrected chi connectivity index (χ4v) is 9.67. The summed E-state index contributed by atoms with van der Waals surface area (Å²) in [7, 11) is 3.29. The van der Waals surface area contributed by atoms with Crippen LogP contribution in [-0.4, -0.2) is 43.0 Å². The second-order valence-electron chi connectivity index (χ2n) is 13.1. The second-order valence-corrected chi connectivity index (χ2v) is 16.9. The lowest BCUT2D eigenvalue weighted by atomic mass is 10.0. The van der Waals surface area contributed by atoms with Gasteiger partial charge in [-0.1, -0.05) is 71.8 Å². The lowest BCUT2D eigenvalue weighted by Crippen LogP contribution is -2.24. The number of ether oxygens (including phenoxy) is 4. The molecule has 0 unspecified atom stereocenters. The molecule has 0 atom stereocenters. The molecular formula is C48H50O5S4. The summed E-state index contributed by atoms with van der Waals surface area (Å²) in [6.07, 6.45) is 2.38. The third kappa shape index (κ3) is 12.8. The Balaban J connectivity index is 0.000000197. The van der Waals surface area contributed by atoms with Crippen LogP contribution in [0.4, 0.5) is 0 Å². The highest BCUT2D eigenvalue weighted by Gasteiger charge is 2.37. The summed E-state index contributed by atoms with van der Waals surface area (Å²) in [5.74, 6) is 8.96. The van der Waals surface area contributed by atoms with Crippen LogP contribution in [0.3, 0.4) is 0 Å². The zero-order valence-corrected chi connectivity index (χ0v) is 36.3. The van der Waals surface area contributed by atoms with Crippen molar-refractivity contribution < 1.29 is 23.7 Å². The van der Waals surface area contributed by atoms with Gasteiger partial charge in [0.1, 0.15) is 38.6 Å². The minimum absolute atomic E-state index is 0.00555. The van der Waals surface area contributed by atoms with E-state index >= 15 is 0 Å². The van der Waals surface area contributed by atoms with Gasteiger partial charge in [-0.15, -0.1) is 23.5 Å². The molecule has 1 aliphatic heterocycles. The Bertz CT molecular complexity index is 2080. The van der Waals surface area contributed by atoms with Gasteiger partial charge in [-0.05, 0) is 146 Å². The Hall–Kier alpha value is -4.41. The molecule has 5 nitrogen and oxygen atoms in total. The number of benzene rings is 6. The van der Waals surface area contributed by atoms with E-state index in [9.17, 15) is 4.79 Å². The molecule has 0 amide bonds. The normalized spacial score (nSPS) is 12.8. The van der Waals surface area contributed by atoms with Crippen molar-refractivity contribution in [1.82, 2.24) is 0 Å². The molecule has 0 spiro atoms. The van der Waals surface area contributed by atoms with Crippen LogP contribution in [-0.2, 0) is 4.08 Å². The molecule has 6 aromatic carbocycles. The van der Waals surface area contributed by atoms with E-state index in [1.807, 2.05) is 103 Å². The largest absolute Gasteiger partial charge is 0.497 e. The lowest BCUT2D eigenvalue weighted by Gasteiger charge is -2.37. The highest BCUT2D eigenvalue weighted by molar-refractivity contribution is 8.18. The number of ketones is 1. The third-order valence-corrected chi connectivity index (χ3v) is 13.0. The van der Waals surface area contributed by atoms with Crippen LogP contribution in [0.5, 0.6) is 34.5 Å². The molecule has 0 bridgehead atoms. The van der Waals surface area contributed by atoms with Crippen LogP contribution in [0, 0.1) is 13.8 Å². The van der Waals surface area contributed by atoms with Crippen molar-refractivity contribution in [2.24, 2.45) is 0 Å². The Morgan fingerprint density at radius 1 is 0.509 bits per heavy atom. The maximum atomic E-state index is 12.4. The number of aryl methyl sites for hydroxylation is 2. The predicted octanol–water partition coefficient (Wildman–Crippen LogP) is 13.1. The Morgan fingerprint density at radius 2 is 0.825 bits per heavy atom. The number of hydrogen-bond donors (Lipinski definition) is 2. The van der Waals surface area contributed by atoms with Gasteiger partial charge in [-0.3, -0.25) is 4.79 Å². The summed E-state index contributed by atoms with van der Waals surface area (Å²) < 4.78 is 22.1. The average molecular weight is 835 g/mol. The number of thiol groups is 2. The summed E-state index contributed by atoms with van der Waals surface area (Å²) in [6.45, 7) is 4.14. The molecule has 9 heteroatoms. The van der Waals surface area contributed by atoms with E-state index in [0.717, 1.165) is 46.5 Å². The molecule has 296 valence electrons. The van der Waals surface area contributed by atoms with Crippen molar-refractivity contribution in [2.75, 3.05) is 37.2 Å². The summed E-state index contributed by atoms with van der Waals surface area (Å²) in [5, 5.41) is 0. The number of rotatable bonds is 12. The second kappa shape index (κ2) is 22.5. The van der Waals surface area contributed by atoms with Gasteiger partial charge in [-0.25, -0.2) is 0 Å². The standard InChI is InChI=1S/C24H24O2S2.C21H18O3.C3H8S2/c1-18-4-6-19(7-5-18)24(27-16-3-17-28-24)20-8-10-22(11-9-20)26-23-14-12-21(25-2)13-15-23;1-15-3-5-16(6-4-15)21(22)17-7-9-19(10-8-17)24-20-13-11-18(23-2)12-14-20;4-2-1-3-5/h4-15H,3,16-17H2,1-2H3;3-14H,1-2H3;4-5H,1-3H2. The summed E-state index contributed by atoms with van der Waals surface area (Å²) in [6, 6.07) is 47.3. The van der Waals surface area contributed by atoms with Crippen molar-refractivity contribution in [2.45, 2.75) is 30.8 Å². The molecular weight excluding hydrogens is 785 g/mol. The van der Waals surface area contributed by atoms with Gasteiger partial charge < -0.3 is 18.9 Å². The number of carbonyl (C=O) groups excluding carboxylic acids is 1. The molecule has 57 heavy (non-hydrogen) atoms. The van der Waals surface area contributed by atoms with E-state index in [0.29, 0.717) is 22.6 Å². The number of carbonyl (C=O) groups is 1. The topological polar surface area (TPSA) is 54.0 Å². The summed E-state index contributed by atoms with van der Waals surface area (Å²) in [5.41, 5.74) is 6.46. The van der Waals surface area contributed by atoms with Gasteiger partial charge in [-0.2, -0.15) is 25.3 Å². The van der Waals surface area contributed by atoms with E-state index in [1.165, 1.54) is 34.6 Å².